The molecule has 0 saturated carbocycles. The Balaban J connectivity index is 1.81. The van der Waals surface area contributed by atoms with Crippen LogP contribution in [0.1, 0.15) is 42.9 Å². The number of anilines is 2. The molecular weight excluding hydrogens is 526 g/mol. The average molecular weight is 570 g/mol. The summed E-state index contributed by atoms with van der Waals surface area (Å²) >= 11 is 6.45. The van der Waals surface area contributed by atoms with E-state index in [0.717, 1.165) is 19.3 Å². The van der Waals surface area contributed by atoms with Gasteiger partial charge in [-0.2, -0.15) is 5.26 Å². The number of fused-ring (bicyclic) bond motifs is 1. The van der Waals surface area contributed by atoms with E-state index >= 15 is 0 Å². The second-order valence-corrected chi connectivity index (χ2v) is 8.46. The topological polar surface area (TPSA) is 100 Å². The van der Waals surface area contributed by atoms with Crippen LogP contribution < -0.4 is 14.8 Å². The van der Waals surface area contributed by atoms with E-state index in [4.69, 9.17) is 40.3 Å². The molecule has 204 valence electrons. The number of carbonyl (C=O) groups excluding carboxylic acids is 1. The van der Waals surface area contributed by atoms with Gasteiger partial charge in [-0.3, -0.25) is 14.8 Å². The Kier molecular flexibility index (Phi) is 5.21. The number of aromatic nitrogens is 2. The molecule has 2 heterocycles. The van der Waals surface area contributed by atoms with Crippen molar-refractivity contribution in [2.75, 3.05) is 32.4 Å². The molecule has 0 radical (unpaired) electrons. The van der Waals surface area contributed by atoms with Crippen LogP contribution in [0.5, 0.6) is 11.5 Å². The number of benzene rings is 2. The minimum Gasteiger partial charge on any atom is -0.494 e. The molecule has 0 saturated heterocycles. The SMILES string of the molecule is [2H]/C(C(=O)Cc1cc2c(Nc3ccc(OC([2H])([2H])c4ccccn4)c(Cl)c3)c(C#N)cnc2cc1OC([2H])([2H])C([2H])([2H])[2H])=C(/[2H])C([2H])([2H])N(C)C([2H])([2H])[2H]. The van der Waals surface area contributed by atoms with Gasteiger partial charge < -0.3 is 19.7 Å². The molecule has 1 N–H and O–H groups in total. The van der Waals surface area contributed by atoms with Gasteiger partial charge in [-0.25, -0.2) is 0 Å². The van der Waals surface area contributed by atoms with E-state index in [-0.39, 0.29) is 54.8 Å². The molecule has 8 nitrogen and oxygen atoms in total. The molecule has 40 heavy (non-hydrogen) atoms. The molecule has 0 bridgehead atoms. The first-order chi connectivity index (χ1) is 24.8. The Morgan fingerprint density at radius 1 is 1.25 bits per heavy atom. The van der Waals surface area contributed by atoms with E-state index in [0.29, 0.717) is 0 Å². The number of halogens is 1. The summed E-state index contributed by atoms with van der Waals surface area (Å²) in [6.07, 6.45) is 1.65. The standard InChI is InChI=1S/C31H30ClN5O3/c1-4-39-30-17-28-26(15-21(30)14-25(38)9-7-13-37(2)3)31(22(18-33)19-35-28)36-23-10-11-29(27(32)16-23)40-20-24-8-5-6-12-34-24/h5-12,15-17,19H,4,13-14,20H2,1-3H3,(H,35,36)/b9-7+/i1D3,2D3,4D2,7D,9D,13D2,20D2. The van der Waals surface area contributed by atoms with E-state index in [1.54, 1.807) is 12.1 Å². The normalized spacial score (nSPS) is 18.4. The third kappa shape index (κ3) is 7.35. The zero-order chi connectivity index (χ0) is 40.6. The molecule has 0 aliphatic rings. The number of ether oxygens (including phenoxy) is 2. The lowest BCUT2D eigenvalue weighted by atomic mass is 10.0. The summed E-state index contributed by atoms with van der Waals surface area (Å²) in [5, 5.41) is 13.0. The molecule has 9 heteroatoms. The number of nitriles is 1. The summed E-state index contributed by atoms with van der Waals surface area (Å²) in [7, 11) is 0.841. The largest absolute Gasteiger partial charge is 0.494 e. The molecule has 0 aliphatic heterocycles. The van der Waals surface area contributed by atoms with Crippen molar-refractivity contribution in [2.45, 2.75) is 19.8 Å². The summed E-state index contributed by atoms with van der Waals surface area (Å²) in [5.41, 5.74) is 0.00218. The smallest absolute Gasteiger partial charge is 0.159 e. The Morgan fingerprint density at radius 2 is 2.15 bits per heavy atom. The molecule has 2 aromatic carbocycles. The van der Waals surface area contributed by atoms with Crippen molar-refractivity contribution in [2.24, 2.45) is 0 Å². The predicted octanol–water partition coefficient (Wildman–Crippen LogP) is 6.11. The monoisotopic (exact) mass is 569 g/mol. The van der Waals surface area contributed by atoms with Crippen LogP contribution in [-0.4, -0.2) is 47.7 Å². The molecule has 4 rings (SSSR count). The molecular formula is C31H30ClN5O3. The van der Waals surface area contributed by atoms with E-state index in [1.165, 1.54) is 36.5 Å². The van der Waals surface area contributed by atoms with Gasteiger partial charge in [0.25, 0.3) is 0 Å². The van der Waals surface area contributed by atoms with E-state index in [9.17, 15) is 10.1 Å². The first kappa shape index (κ1) is 15.4. The highest BCUT2D eigenvalue weighted by Crippen LogP contribution is 2.36. The number of pyridine rings is 2. The lowest BCUT2D eigenvalue weighted by Crippen LogP contribution is -2.11. The molecule has 0 spiro atoms. The van der Waals surface area contributed by atoms with Crippen LogP contribution in [0.3, 0.4) is 0 Å². The molecule has 4 aromatic rings. The number of carbonyl (C=O) groups is 1. The maximum absolute atomic E-state index is 13.4. The highest BCUT2D eigenvalue weighted by Gasteiger charge is 2.16. The first-order valence-electron chi connectivity index (χ1n) is 18.5. The van der Waals surface area contributed by atoms with Crippen molar-refractivity contribution in [1.82, 2.24) is 14.9 Å². The van der Waals surface area contributed by atoms with Gasteiger partial charge in [0.1, 0.15) is 24.1 Å². The highest BCUT2D eigenvalue weighted by molar-refractivity contribution is 6.32. The van der Waals surface area contributed by atoms with Crippen LogP contribution in [0.2, 0.25) is 5.02 Å². The fourth-order valence-corrected chi connectivity index (χ4v) is 3.73. The van der Waals surface area contributed by atoms with Crippen molar-refractivity contribution in [3.63, 3.8) is 0 Å². The van der Waals surface area contributed by atoms with Crippen molar-refractivity contribution >= 4 is 39.7 Å². The van der Waals surface area contributed by atoms with E-state index in [2.05, 4.69) is 15.3 Å². The zero-order valence-electron chi connectivity index (χ0n) is 34.9. The van der Waals surface area contributed by atoms with E-state index < -0.39 is 63.5 Å². The molecule has 0 aliphatic carbocycles. The quantitative estimate of drug-likeness (QED) is 0.204. The number of rotatable bonds is 12. The Labute approximate surface area is 258 Å². The molecule has 0 amide bonds. The summed E-state index contributed by atoms with van der Waals surface area (Å²) in [4.78, 5) is 21.7. The van der Waals surface area contributed by atoms with Crippen LogP contribution in [0.4, 0.5) is 11.4 Å². The van der Waals surface area contributed by atoms with Gasteiger partial charge in [0.05, 0.1) is 42.3 Å². The van der Waals surface area contributed by atoms with Gasteiger partial charge in [0.2, 0.25) is 0 Å². The first-order valence-corrected chi connectivity index (χ1v) is 11.8. The predicted molar refractivity (Wildman–Crippen MR) is 157 cm³/mol. The third-order valence-corrected chi connectivity index (χ3v) is 5.54. The Morgan fingerprint density at radius 3 is 2.90 bits per heavy atom. The summed E-state index contributed by atoms with van der Waals surface area (Å²) in [6.45, 7) is -15.2. The maximum atomic E-state index is 13.4. The van der Waals surface area contributed by atoms with Crippen LogP contribution >= 0.6 is 11.6 Å². The minimum atomic E-state index is -3.33. The molecule has 2 aromatic heterocycles. The Bertz CT molecular complexity index is 2140. The highest BCUT2D eigenvalue weighted by atomic mass is 35.5. The number of hydrogen-bond acceptors (Lipinski definition) is 8. The van der Waals surface area contributed by atoms with Crippen LogP contribution in [0.15, 0.2) is 73.0 Å². The Hall–Kier alpha value is -4.45. The number of allylic oxidation sites excluding steroid dienone is 1. The van der Waals surface area contributed by atoms with Gasteiger partial charge in [0.15, 0.2) is 5.78 Å². The average Bonchev–Trinajstić information content (AvgIpc) is 3.08. The minimum absolute atomic E-state index is 0.0107. The third-order valence-electron chi connectivity index (χ3n) is 5.24. The maximum Gasteiger partial charge on any atom is 0.159 e. The molecule has 0 unspecified atom stereocenters. The van der Waals surface area contributed by atoms with Crippen LogP contribution in [-0.2, 0) is 17.8 Å². The number of ketones is 1. The van der Waals surface area contributed by atoms with Gasteiger partial charge in [-0.1, -0.05) is 23.7 Å². The molecule has 0 atom stereocenters. The number of nitrogens with zero attached hydrogens (tertiary/aromatic N) is 4. The second-order valence-electron chi connectivity index (χ2n) is 8.05. The second kappa shape index (κ2) is 13.6. The van der Waals surface area contributed by atoms with Gasteiger partial charge in [0, 0.05) is 59.0 Å². The number of likely N-dealkylation sites (N-methyl/N-ethyl adjacent to an activating group) is 1. The van der Waals surface area contributed by atoms with Crippen molar-refractivity contribution in [3.05, 3.63) is 94.9 Å². The fraction of sp³-hybridized carbons (Fsp3) is 0.226. The van der Waals surface area contributed by atoms with Gasteiger partial charge in [-0.15, -0.1) is 0 Å². The van der Waals surface area contributed by atoms with Crippen LogP contribution in [0, 0.1) is 11.3 Å². The zero-order valence-corrected chi connectivity index (χ0v) is 21.6. The van der Waals surface area contributed by atoms with Gasteiger partial charge in [-0.05, 0) is 63.3 Å². The van der Waals surface area contributed by atoms with Gasteiger partial charge >= 0.3 is 0 Å². The van der Waals surface area contributed by atoms with Crippen molar-refractivity contribution < 1.29 is 33.5 Å². The van der Waals surface area contributed by atoms with Crippen molar-refractivity contribution in [1.29, 1.82) is 5.26 Å². The lowest BCUT2D eigenvalue weighted by Gasteiger charge is -2.16. The summed E-state index contributed by atoms with van der Waals surface area (Å²) in [6, 6.07) is 10.5. The summed E-state index contributed by atoms with van der Waals surface area (Å²) in [5.74, 6) is -1.81. The summed E-state index contributed by atoms with van der Waals surface area (Å²) < 4.78 is 121. The number of hydrogen-bond donors (Lipinski definition) is 1. The fourth-order valence-electron chi connectivity index (χ4n) is 3.51. The molecule has 0 fully saturated rings. The van der Waals surface area contributed by atoms with E-state index in [1.807, 2.05) is 6.07 Å². The lowest BCUT2D eigenvalue weighted by molar-refractivity contribution is -0.114. The number of nitrogens with one attached hydrogen (secondary N) is 1. The van der Waals surface area contributed by atoms with Crippen LogP contribution in [0.25, 0.3) is 10.9 Å². The van der Waals surface area contributed by atoms with Crippen molar-refractivity contribution in [3.8, 4) is 17.6 Å².